The maximum absolute atomic E-state index is 12.8. The van der Waals surface area contributed by atoms with E-state index in [1.54, 1.807) is 38.1 Å². The molecule has 1 amide bonds. The van der Waals surface area contributed by atoms with E-state index in [0.717, 1.165) is 16.8 Å². The molecule has 29 heavy (non-hydrogen) atoms. The van der Waals surface area contributed by atoms with Crippen LogP contribution in [-0.4, -0.2) is 50.2 Å². The highest BCUT2D eigenvalue weighted by molar-refractivity contribution is 5.94. The first kappa shape index (κ1) is 20.4. The number of nitrogens with zero attached hydrogens (tertiary/aromatic N) is 2. The summed E-state index contributed by atoms with van der Waals surface area (Å²) in [7, 11) is 4.79. The highest BCUT2D eigenvalue weighted by Crippen LogP contribution is 2.33. The lowest BCUT2D eigenvalue weighted by Crippen LogP contribution is -2.28. The van der Waals surface area contributed by atoms with Gasteiger partial charge in [0.1, 0.15) is 17.2 Å². The van der Waals surface area contributed by atoms with Crippen LogP contribution in [0.25, 0.3) is 16.9 Å². The first-order chi connectivity index (χ1) is 14.1. The second kappa shape index (κ2) is 9.25. The third-order valence-corrected chi connectivity index (χ3v) is 4.50. The molecule has 0 aliphatic rings. The van der Waals surface area contributed by atoms with Crippen LogP contribution < -0.4 is 14.8 Å². The molecule has 0 radical (unpaired) electrons. The molecule has 2 aromatic carbocycles. The van der Waals surface area contributed by atoms with Crippen molar-refractivity contribution in [2.45, 2.75) is 6.92 Å². The topological polar surface area (TPSA) is 74.6 Å². The van der Waals surface area contributed by atoms with Crippen LogP contribution in [0.15, 0.2) is 48.5 Å². The van der Waals surface area contributed by atoms with E-state index in [9.17, 15) is 4.79 Å². The number of aryl methyl sites for hydroxylation is 1. The van der Waals surface area contributed by atoms with Crippen molar-refractivity contribution in [2.75, 3.05) is 34.5 Å². The number of ether oxygens (including phenoxy) is 3. The molecule has 1 heterocycles. The molecule has 0 fully saturated rings. The maximum atomic E-state index is 12.8. The van der Waals surface area contributed by atoms with Gasteiger partial charge in [0.15, 0.2) is 0 Å². The van der Waals surface area contributed by atoms with Gasteiger partial charge in [0.05, 0.1) is 32.2 Å². The highest BCUT2D eigenvalue weighted by atomic mass is 16.5. The molecule has 7 heteroatoms. The van der Waals surface area contributed by atoms with Crippen LogP contribution in [0.1, 0.15) is 16.1 Å². The molecule has 0 saturated heterocycles. The Morgan fingerprint density at radius 2 is 1.79 bits per heavy atom. The minimum absolute atomic E-state index is 0.228. The van der Waals surface area contributed by atoms with Gasteiger partial charge in [-0.25, -0.2) is 4.68 Å². The Labute approximate surface area is 170 Å². The van der Waals surface area contributed by atoms with Gasteiger partial charge in [-0.15, -0.1) is 0 Å². The average Bonchev–Trinajstić information content (AvgIpc) is 3.19. The van der Waals surface area contributed by atoms with E-state index in [1.165, 1.54) is 0 Å². The summed E-state index contributed by atoms with van der Waals surface area (Å²) >= 11 is 0. The van der Waals surface area contributed by atoms with Crippen LogP contribution in [0.4, 0.5) is 0 Å². The van der Waals surface area contributed by atoms with Gasteiger partial charge in [0.25, 0.3) is 5.91 Å². The fourth-order valence-electron chi connectivity index (χ4n) is 2.92. The van der Waals surface area contributed by atoms with Gasteiger partial charge >= 0.3 is 0 Å². The number of amides is 1. The zero-order valence-electron chi connectivity index (χ0n) is 17.1. The van der Waals surface area contributed by atoms with Crippen LogP contribution in [-0.2, 0) is 4.74 Å². The Morgan fingerprint density at radius 3 is 2.45 bits per heavy atom. The minimum Gasteiger partial charge on any atom is -0.497 e. The van der Waals surface area contributed by atoms with Gasteiger partial charge in [-0.3, -0.25) is 4.79 Å². The summed E-state index contributed by atoms with van der Waals surface area (Å²) in [4.78, 5) is 12.8. The molecule has 1 aromatic heterocycles. The first-order valence-electron chi connectivity index (χ1n) is 9.24. The monoisotopic (exact) mass is 395 g/mol. The van der Waals surface area contributed by atoms with Crippen molar-refractivity contribution in [3.63, 3.8) is 0 Å². The van der Waals surface area contributed by atoms with Crippen LogP contribution >= 0.6 is 0 Å². The minimum atomic E-state index is -0.228. The summed E-state index contributed by atoms with van der Waals surface area (Å²) in [6.45, 7) is 2.86. The molecular weight excluding hydrogens is 370 g/mol. The number of carbonyl (C=O) groups is 1. The Hall–Kier alpha value is -3.32. The Balaban J connectivity index is 2.07. The van der Waals surface area contributed by atoms with Crippen molar-refractivity contribution < 1.29 is 19.0 Å². The van der Waals surface area contributed by atoms with E-state index in [0.29, 0.717) is 36.0 Å². The summed E-state index contributed by atoms with van der Waals surface area (Å²) in [5.41, 5.74) is 3.75. The molecule has 152 valence electrons. The van der Waals surface area contributed by atoms with Gasteiger partial charge < -0.3 is 19.5 Å². The van der Waals surface area contributed by atoms with Gasteiger partial charge in [0, 0.05) is 25.3 Å². The molecule has 0 aliphatic carbocycles. The highest BCUT2D eigenvalue weighted by Gasteiger charge is 2.19. The lowest BCUT2D eigenvalue weighted by molar-refractivity contribution is 0.0929. The van der Waals surface area contributed by atoms with E-state index in [4.69, 9.17) is 19.3 Å². The normalized spacial score (nSPS) is 10.6. The molecule has 0 aliphatic heterocycles. The number of rotatable bonds is 8. The third kappa shape index (κ3) is 4.57. The molecule has 7 nitrogen and oxygen atoms in total. The van der Waals surface area contributed by atoms with E-state index >= 15 is 0 Å². The van der Waals surface area contributed by atoms with Crippen molar-refractivity contribution in [1.82, 2.24) is 15.1 Å². The van der Waals surface area contributed by atoms with Crippen molar-refractivity contribution in [1.29, 1.82) is 0 Å². The van der Waals surface area contributed by atoms with Crippen molar-refractivity contribution in [2.24, 2.45) is 0 Å². The number of benzene rings is 2. The van der Waals surface area contributed by atoms with E-state index in [1.807, 2.05) is 43.3 Å². The molecule has 3 rings (SSSR count). The second-order valence-electron chi connectivity index (χ2n) is 6.48. The predicted octanol–water partition coefficient (Wildman–Crippen LogP) is 3.24. The maximum Gasteiger partial charge on any atom is 0.270 e. The zero-order chi connectivity index (χ0) is 20.8. The summed E-state index contributed by atoms with van der Waals surface area (Å²) in [5, 5.41) is 7.55. The Bertz CT molecular complexity index is 980. The van der Waals surface area contributed by atoms with E-state index in [2.05, 4.69) is 5.32 Å². The van der Waals surface area contributed by atoms with Crippen molar-refractivity contribution in [3.05, 3.63) is 59.8 Å². The summed E-state index contributed by atoms with van der Waals surface area (Å²) in [6, 6.07) is 15.1. The SMILES string of the molecule is COCCNC(=O)c1cc(-c2ccc(OC)cc2OC)nn1-c1ccc(C)cc1. The van der Waals surface area contributed by atoms with Crippen LogP contribution in [0.2, 0.25) is 0 Å². The van der Waals surface area contributed by atoms with Gasteiger partial charge in [-0.05, 0) is 37.3 Å². The zero-order valence-corrected chi connectivity index (χ0v) is 17.1. The second-order valence-corrected chi connectivity index (χ2v) is 6.48. The number of nitrogens with one attached hydrogen (secondary N) is 1. The van der Waals surface area contributed by atoms with Crippen molar-refractivity contribution >= 4 is 5.91 Å². The summed E-state index contributed by atoms with van der Waals surface area (Å²) < 4.78 is 17.4. The van der Waals surface area contributed by atoms with Crippen LogP contribution in [0.3, 0.4) is 0 Å². The van der Waals surface area contributed by atoms with Crippen LogP contribution in [0.5, 0.6) is 11.5 Å². The summed E-state index contributed by atoms with van der Waals surface area (Å²) in [5.74, 6) is 1.07. The Morgan fingerprint density at radius 1 is 1.03 bits per heavy atom. The summed E-state index contributed by atoms with van der Waals surface area (Å²) in [6.07, 6.45) is 0. The fraction of sp³-hybridized carbons (Fsp3) is 0.273. The molecule has 0 atom stereocenters. The average molecular weight is 395 g/mol. The fourth-order valence-corrected chi connectivity index (χ4v) is 2.92. The number of hydrogen-bond donors (Lipinski definition) is 1. The first-order valence-corrected chi connectivity index (χ1v) is 9.24. The van der Waals surface area contributed by atoms with E-state index in [-0.39, 0.29) is 5.91 Å². The number of methoxy groups -OCH3 is 3. The lowest BCUT2D eigenvalue weighted by Gasteiger charge is -2.09. The molecule has 0 spiro atoms. The molecule has 0 unspecified atom stereocenters. The largest absolute Gasteiger partial charge is 0.497 e. The Kier molecular flexibility index (Phi) is 6.51. The number of hydrogen-bond acceptors (Lipinski definition) is 5. The van der Waals surface area contributed by atoms with Crippen molar-refractivity contribution in [3.8, 4) is 28.4 Å². The smallest absolute Gasteiger partial charge is 0.270 e. The van der Waals surface area contributed by atoms with Gasteiger partial charge in [-0.1, -0.05) is 17.7 Å². The lowest BCUT2D eigenvalue weighted by atomic mass is 10.1. The van der Waals surface area contributed by atoms with Crippen LogP contribution in [0, 0.1) is 6.92 Å². The predicted molar refractivity (Wildman–Crippen MR) is 111 cm³/mol. The van der Waals surface area contributed by atoms with Gasteiger partial charge in [0.2, 0.25) is 0 Å². The molecular formula is C22H25N3O4. The number of aromatic nitrogens is 2. The van der Waals surface area contributed by atoms with E-state index < -0.39 is 0 Å². The molecule has 0 bridgehead atoms. The molecule has 3 aromatic rings. The standard InChI is InChI=1S/C22H25N3O4/c1-15-5-7-16(8-6-15)25-20(22(26)23-11-12-27-2)14-19(24-25)18-10-9-17(28-3)13-21(18)29-4/h5-10,13-14H,11-12H2,1-4H3,(H,23,26). The third-order valence-electron chi connectivity index (χ3n) is 4.50. The van der Waals surface area contributed by atoms with Gasteiger partial charge in [-0.2, -0.15) is 5.10 Å². The quantitative estimate of drug-likeness (QED) is 0.593. The number of carbonyl (C=O) groups excluding carboxylic acids is 1. The molecule has 1 N–H and O–H groups in total. The molecule has 0 saturated carbocycles.